The highest BCUT2D eigenvalue weighted by Gasteiger charge is 2.39. The van der Waals surface area contributed by atoms with E-state index in [1.54, 1.807) is 4.31 Å². The molecular weight excluding hydrogens is 294 g/mol. The van der Waals surface area contributed by atoms with Crippen LogP contribution < -0.4 is 5.32 Å². The van der Waals surface area contributed by atoms with Crippen molar-refractivity contribution in [3.05, 3.63) is 0 Å². The number of ether oxygens (including phenoxy) is 1. The Morgan fingerprint density at radius 2 is 1.90 bits per heavy atom. The molecule has 1 N–H and O–H groups in total. The minimum Gasteiger partial charge on any atom is -0.469 e. The predicted octanol–water partition coefficient (Wildman–Crippen LogP) is -0.200. The summed E-state index contributed by atoms with van der Waals surface area (Å²) < 4.78 is 33.3. The zero-order valence-electron chi connectivity index (χ0n) is 12.7. The topological polar surface area (TPSA) is 79.0 Å². The van der Waals surface area contributed by atoms with Gasteiger partial charge in [0.25, 0.3) is 10.2 Å². The molecule has 8 heteroatoms. The molecule has 21 heavy (non-hydrogen) atoms. The molecule has 2 aliphatic heterocycles. The van der Waals surface area contributed by atoms with Crippen LogP contribution in [0.3, 0.4) is 0 Å². The predicted molar refractivity (Wildman–Crippen MR) is 78.9 cm³/mol. The van der Waals surface area contributed by atoms with E-state index in [0.29, 0.717) is 39.0 Å². The minimum atomic E-state index is -3.41. The van der Waals surface area contributed by atoms with Gasteiger partial charge in [-0.2, -0.15) is 17.0 Å². The van der Waals surface area contributed by atoms with Crippen molar-refractivity contribution in [1.82, 2.24) is 13.9 Å². The molecule has 0 radical (unpaired) electrons. The Hall–Kier alpha value is -0.700. The largest absolute Gasteiger partial charge is 0.469 e. The lowest BCUT2D eigenvalue weighted by molar-refractivity contribution is -0.146. The van der Waals surface area contributed by atoms with Crippen LogP contribution >= 0.6 is 0 Å². The first-order valence-corrected chi connectivity index (χ1v) is 8.89. The molecule has 0 bridgehead atoms. The van der Waals surface area contributed by atoms with Crippen molar-refractivity contribution >= 4 is 16.2 Å². The molecule has 0 aromatic rings. The molecule has 2 rings (SSSR count). The monoisotopic (exact) mass is 319 g/mol. The van der Waals surface area contributed by atoms with Crippen molar-refractivity contribution in [1.29, 1.82) is 0 Å². The number of likely N-dealkylation sites (N-methyl/N-ethyl adjacent to an activating group) is 1. The highest BCUT2D eigenvalue weighted by atomic mass is 32.2. The number of carbonyl (C=O) groups excluding carboxylic acids is 1. The SMILES string of the molecule is CNCC1CCCN1S(=O)(=O)N1CCC(C(=O)OC)CC1. The zero-order valence-corrected chi connectivity index (χ0v) is 13.6. The molecule has 2 fully saturated rings. The van der Waals surface area contributed by atoms with Gasteiger partial charge in [-0.1, -0.05) is 0 Å². The van der Waals surface area contributed by atoms with Crippen LogP contribution in [0.15, 0.2) is 0 Å². The number of piperidine rings is 1. The molecule has 0 amide bonds. The molecule has 7 nitrogen and oxygen atoms in total. The molecule has 2 heterocycles. The molecule has 2 saturated heterocycles. The zero-order chi connectivity index (χ0) is 15.5. The fraction of sp³-hybridized carbons (Fsp3) is 0.923. The summed E-state index contributed by atoms with van der Waals surface area (Å²) in [7, 11) is -0.203. The van der Waals surface area contributed by atoms with E-state index in [2.05, 4.69) is 5.32 Å². The van der Waals surface area contributed by atoms with E-state index < -0.39 is 10.2 Å². The number of hydrogen-bond donors (Lipinski definition) is 1. The van der Waals surface area contributed by atoms with Crippen molar-refractivity contribution in [2.75, 3.05) is 40.3 Å². The number of methoxy groups -OCH3 is 1. The number of esters is 1. The van der Waals surface area contributed by atoms with Crippen molar-refractivity contribution in [3.8, 4) is 0 Å². The summed E-state index contributed by atoms with van der Waals surface area (Å²) >= 11 is 0. The fourth-order valence-electron chi connectivity index (χ4n) is 3.19. The number of nitrogens with one attached hydrogen (secondary N) is 1. The lowest BCUT2D eigenvalue weighted by Gasteiger charge is -2.34. The summed E-state index contributed by atoms with van der Waals surface area (Å²) in [5, 5.41) is 3.06. The minimum absolute atomic E-state index is 0.0401. The van der Waals surface area contributed by atoms with Gasteiger partial charge in [0.2, 0.25) is 0 Å². The Balaban J connectivity index is 1.99. The van der Waals surface area contributed by atoms with E-state index in [1.807, 2.05) is 7.05 Å². The maximum atomic E-state index is 12.7. The lowest BCUT2D eigenvalue weighted by Crippen LogP contribution is -2.51. The van der Waals surface area contributed by atoms with Crippen molar-refractivity contribution < 1.29 is 17.9 Å². The third-order valence-corrected chi connectivity index (χ3v) is 6.47. The highest BCUT2D eigenvalue weighted by Crippen LogP contribution is 2.27. The lowest BCUT2D eigenvalue weighted by atomic mass is 9.99. The van der Waals surface area contributed by atoms with Crippen LogP contribution in [0.4, 0.5) is 0 Å². The third-order valence-electron chi connectivity index (χ3n) is 4.37. The van der Waals surface area contributed by atoms with Gasteiger partial charge in [-0.15, -0.1) is 0 Å². The second-order valence-corrected chi connectivity index (χ2v) is 7.55. The molecule has 0 saturated carbocycles. The second-order valence-electron chi connectivity index (χ2n) is 5.67. The number of hydrogen-bond acceptors (Lipinski definition) is 5. The molecular formula is C13H25N3O4S. The van der Waals surface area contributed by atoms with Crippen molar-refractivity contribution in [3.63, 3.8) is 0 Å². The first-order chi connectivity index (χ1) is 10.0. The van der Waals surface area contributed by atoms with E-state index in [1.165, 1.54) is 11.4 Å². The smallest absolute Gasteiger partial charge is 0.308 e. The molecule has 0 spiro atoms. The van der Waals surface area contributed by atoms with Crippen molar-refractivity contribution in [2.45, 2.75) is 31.7 Å². The van der Waals surface area contributed by atoms with Gasteiger partial charge < -0.3 is 10.1 Å². The average molecular weight is 319 g/mol. The van der Waals surface area contributed by atoms with Crippen LogP contribution in [-0.4, -0.2) is 69.4 Å². The van der Waals surface area contributed by atoms with Gasteiger partial charge in [0.1, 0.15) is 0 Å². The summed E-state index contributed by atoms with van der Waals surface area (Å²) in [5.74, 6) is -0.408. The van der Waals surface area contributed by atoms with E-state index in [9.17, 15) is 13.2 Å². The molecule has 0 aromatic heterocycles. The van der Waals surface area contributed by atoms with E-state index in [-0.39, 0.29) is 17.9 Å². The molecule has 1 atom stereocenters. The van der Waals surface area contributed by atoms with Crippen LogP contribution in [-0.2, 0) is 19.7 Å². The summed E-state index contributed by atoms with van der Waals surface area (Å²) in [6, 6.07) is 0.0401. The van der Waals surface area contributed by atoms with E-state index >= 15 is 0 Å². The third kappa shape index (κ3) is 3.56. The standard InChI is InChI=1S/C13H25N3O4S/c1-14-10-12-4-3-7-16(12)21(18,19)15-8-5-11(6-9-15)13(17)20-2/h11-12,14H,3-10H2,1-2H3. The summed E-state index contributed by atoms with van der Waals surface area (Å²) in [5.41, 5.74) is 0. The Bertz CT molecular complexity index is 460. The van der Waals surface area contributed by atoms with Crippen LogP contribution in [0.1, 0.15) is 25.7 Å². The van der Waals surface area contributed by atoms with Crippen LogP contribution in [0, 0.1) is 5.92 Å². The van der Waals surface area contributed by atoms with Crippen molar-refractivity contribution in [2.24, 2.45) is 5.92 Å². The molecule has 0 aliphatic carbocycles. The fourth-order valence-corrected chi connectivity index (χ4v) is 5.08. The van der Waals surface area contributed by atoms with Crippen LogP contribution in [0.25, 0.3) is 0 Å². The Morgan fingerprint density at radius 1 is 1.24 bits per heavy atom. The number of nitrogens with zero attached hydrogens (tertiary/aromatic N) is 2. The summed E-state index contributed by atoms with van der Waals surface area (Å²) in [6.07, 6.45) is 2.88. The van der Waals surface area contributed by atoms with Gasteiger partial charge in [-0.3, -0.25) is 4.79 Å². The second kappa shape index (κ2) is 7.04. The van der Waals surface area contributed by atoms with Gasteiger partial charge in [-0.25, -0.2) is 0 Å². The molecule has 122 valence electrons. The molecule has 2 aliphatic rings. The quantitative estimate of drug-likeness (QED) is 0.710. The first-order valence-electron chi connectivity index (χ1n) is 7.50. The van der Waals surface area contributed by atoms with Gasteiger partial charge >= 0.3 is 5.97 Å². The van der Waals surface area contributed by atoms with Gasteiger partial charge in [0, 0.05) is 32.2 Å². The Morgan fingerprint density at radius 3 is 2.48 bits per heavy atom. The van der Waals surface area contributed by atoms with Crippen LogP contribution in [0.5, 0.6) is 0 Å². The number of rotatable bonds is 5. The van der Waals surface area contributed by atoms with E-state index in [4.69, 9.17) is 4.74 Å². The highest BCUT2D eigenvalue weighted by molar-refractivity contribution is 7.86. The van der Waals surface area contributed by atoms with Gasteiger partial charge in [0.05, 0.1) is 13.0 Å². The van der Waals surface area contributed by atoms with Gasteiger partial charge in [-0.05, 0) is 32.7 Å². The Kier molecular flexibility index (Phi) is 5.59. The number of carbonyl (C=O) groups is 1. The maximum Gasteiger partial charge on any atom is 0.308 e. The van der Waals surface area contributed by atoms with E-state index in [0.717, 1.165) is 12.8 Å². The normalized spacial score (nSPS) is 26.1. The molecule has 1 unspecified atom stereocenters. The summed E-state index contributed by atoms with van der Waals surface area (Å²) in [4.78, 5) is 11.5. The Labute approximate surface area is 126 Å². The van der Waals surface area contributed by atoms with Gasteiger partial charge in [0.15, 0.2) is 0 Å². The maximum absolute atomic E-state index is 12.7. The average Bonchev–Trinajstić information content (AvgIpc) is 2.96. The van der Waals surface area contributed by atoms with Crippen LogP contribution in [0.2, 0.25) is 0 Å². The summed E-state index contributed by atoms with van der Waals surface area (Å²) in [6.45, 7) is 2.05. The first kappa shape index (κ1) is 16.7. The molecule has 0 aromatic carbocycles.